The number of nitrogens with two attached hydrogens (primary N) is 1. The minimum Gasteiger partial charge on any atom is -0.398 e. The van der Waals surface area contributed by atoms with Gasteiger partial charge in [-0.2, -0.15) is 0 Å². The van der Waals surface area contributed by atoms with E-state index in [0.29, 0.717) is 0 Å². The van der Waals surface area contributed by atoms with Crippen LogP contribution in [-0.2, 0) is 0 Å². The first-order chi connectivity index (χ1) is 3.80. The van der Waals surface area contributed by atoms with Crippen LogP contribution in [-0.4, -0.2) is 0 Å². The normalized spacial score (nSPS) is 5.62. The molecule has 13 heavy (non-hydrogen) atoms. The zero-order valence-electron chi connectivity index (χ0n) is 6.38. The number of hydrogen-bond donors (Lipinski definition) is 2. The number of hydrogen-bond acceptors (Lipinski definition) is 2. The number of nitrogen functional groups attached to an aromatic ring is 1. The lowest BCUT2D eigenvalue weighted by atomic mass is 10.3. The van der Waals surface area contributed by atoms with Crippen LogP contribution in [0.4, 0.5) is 29.2 Å². The van der Waals surface area contributed by atoms with Gasteiger partial charge in [0.1, 0.15) is 0 Å². The largest absolute Gasteiger partial charge is 0.398 e. The van der Waals surface area contributed by atoms with Crippen molar-refractivity contribution in [2.24, 2.45) is 0 Å². The second-order valence-corrected chi connectivity index (χ2v) is 2.04. The molecule has 0 aliphatic heterocycles. The average molecular weight is 225 g/mol. The third-order valence-electron chi connectivity index (χ3n) is 0.937. The quantitative estimate of drug-likeness (QED) is 0.395. The van der Waals surface area contributed by atoms with Gasteiger partial charge in [-0.1, -0.05) is 12.1 Å². The van der Waals surface area contributed by atoms with Crippen LogP contribution in [0.5, 0.6) is 0 Å². The van der Waals surface area contributed by atoms with E-state index in [1.54, 1.807) is 0 Å². The molecule has 0 fully saturated rings. The summed E-state index contributed by atoms with van der Waals surface area (Å²) in [7, 11) is 0. The highest BCUT2D eigenvalue weighted by molar-refractivity contribution is 7.80. The maximum Gasteiger partial charge on any atom is 0.0449 e. The Hall–Kier alpha value is -0.980. The Morgan fingerprint density at radius 1 is 0.846 bits per heavy atom. The fourth-order valence-corrected chi connectivity index (χ4v) is 0.648. The fourth-order valence-electron chi connectivity index (χ4n) is 0.488. The molecule has 0 saturated carbocycles. The van der Waals surface area contributed by atoms with Gasteiger partial charge in [-0.15, -0.1) is 12.6 Å². The van der Waals surface area contributed by atoms with Gasteiger partial charge < -0.3 is 5.73 Å². The van der Waals surface area contributed by atoms with Crippen LogP contribution in [0.1, 0.15) is 0 Å². The molecule has 1 rings (SSSR count). The predicted molar refractivity (Wildman–Crippen MR) is 50.6 cm³/mol. The number of benzene rings is 1. The van der Waals surface area contributed by atoms with Crippen LogP contribution in [0.3, 0.4) is 0 Å². The molecule has 0 unspecified atom stereocenters. The Labute approximate surface area is 77.6 Å². The summed E-state index contributed by atoms with van der Waals surface area (Å²) in [4.78, 5) is 0.840. The van der Waals surface area contributed by atoms with E-state index in [2.05, 4.69) is 12.6 Å². The molecule has 0 heterocycles. The predicted octanol–water partition coefficient (Wildman–Crippen LogP) is 2.32. The lowest BCUT2D eigenvalue weighted by Crippen LogP contribution is -1.83. The van der Waals surface area contributed by atoms with Crippen LogP contribution in [0, 0.1) is 0 Å². The first kappa shape index (κ1) is 29.6. The maximum atomic E-state index is 5.44. The molecule has 0 aliphatic rings. The SMILES string of the molecule is F.F.F.F.F.Nc1ccccc1S. The van der Waals surface area contributed by atoms with Crippen molar-refractivity contribution in [3.05, 3.63) is 24.3 Å². The van der Waals surface area contributed by atoms with Crippen molar-refractivity contribution in [3.8, 4) is 0 Å². The lowest BCUT2D eigenvalue weighted by Gasteiger charge is -1.92. The van der Waals surface area contributed by atoms with Crippen LogP contribution in [0.15, 0.2) is 29.2 Å². The van der Waals surface area contributed by atoms with Crippen molar-refractivity contribution in [1.82, 2.24) is 0 Å². The number of thiol groups is 1. The smallest absolute Gasteiger partial charge is 0.0449 e. The first-order valence-corrected chi connectivity index (χ1v) is 2.79. The third-order valence-corrected chi connectivity index (χ3v) is 1.34. The summed E-state index contributed by atoms with van der Waals surface area (Å²) in [5.74, 6) is 0. The molecule has 0 spiro atoms. The summed E-state index contributed by atoms with van der Waals surface area (Å²) in [6.45, 7) is 0. The molecule has 2 N–H and O–H groups in total. The number of rotatable bonds is 0. The van der Waals surface area contributed by atoms with Crippen LogP contribution in [0.25, 0.3) is 0 Å². The molecule has 7 heteroatoms. The summed E-state index contributed by atoms with van der Waals surface area (Å²) >= 11 is 4.07. The Kier molecular flexibility index (Phi) is 31.0. The van der Waals surface area contributed by atoms with Gasteiger partial charge >= 0.3 is 0 Å². The summed E-state index contributed by atoms with van der Waals surface area (Å²) in [5, 5.41) is 0. The molecule has 0 radical (unpaired) electrons. The van der Waals surface area contributed by atoms with Crippen molar-refractivity contribution in [2.75, 3.05) is 5.73 Å². The molecule has 0 atom stereocenters. The molecule has 0 saturated heterocycles. The zero-order chi connectivity index (χ0) is 5.98. The van der Waals surface area contributed by atoms with Crippen molar-refractivity contribution in [1.29, 1.82) is 0 Å². The molecular formula is C6H12F5NS. The number of anilines is 1. The van der Waals surface area contributed by atoms with E-state index >= 15 is 0 Å². The van der Waals surface area contributed by atoms with Gasteiger partial charge in [-0.25, -0.2) is 0 Å². The first-order valence-electron chi connectivity index (χ1n) is 2.34. The topological polar surface area (TPSA) is 26.0 Å². The maximum absolute atomic E-state index is 5.44. The molecule has 1 aromatic rings. The summed E-state index contributed by atoms with van der Waals surface area (Å²) in [6, 6.07) is 7.47. The van der Waals surface area contributed by atoms with Crippen molar-refractivity contribution in [2.45, 2.75) is 4.90 Å². The molecule has 0 bridgehead atoms. The van der Waals surface area contributed by atoms with E-state index in [4.69, 9.17) is 5.73 Å². The van der Waals surface area contributed by atoms with Gasteiger partial charge in [-0.3, -0.25) is 23.5 Å². The Morgan fingerprint density at radius 2 is 1.23 bits per heavy atom. The van der Waals surface area contributed by atoms with E-state index in [1.807, 2.05) is 24.3 Å². The molecule has 0 amide bonds. The fraction of sp³-hybridized carbons (Fsp3) is 0. The highest BCUT2D eigenvalue weighted by Crippen LogP contribution is 2.13. The van der Waals surface area contributed by atoms with Gasteiger partial charge in [0.05, 0.1) is 0 Å². The molecule has 1 nitrogen and oxygen atoms in total. The minimum atomic E-state index is 0. The second-order valence-electron chi connectivity index (χ2n) is 1.56. The highest BCUT2D eigenvalue weighted by Gasteiger charge is 1.85. The molecule has 82 valence electrons. The van der Waals surface area contributed by atoms with Gasteiger partial charge in [-0.05, 0) is 12.1 Å². The van der Waals surface area contributed by atoms with Crippen molar-refractivity contribution in [3.63, 3.8) is 0 Å². The van der Waals surface area contributed by atoms with Crippen molar-refractivity contribution < 1.29 is 23.5 Å². The van der Waals surface area contributed by atoms with E-state index in [0.717, 1.165) is 10.6 Å². The van der Waals surface area contributed by atoms with Crippen LogP contribution < -0.4 is 5.73 Å². The molecule has 1 aromatic carbocycles. The Morgan fingerprint density at radius 3 is 1.46 bits per heavy atom. The van der Waals surface area contributed by atoms with Crippen LogP contribution in [0.2, 0.25) is 0 Å². The minimum absolute atomic E-state index is 0. The highest BCUT2D eigenvalue weighted by atomic mass is 32.1. The summed E-state index contributed by atoms with van der Waals surface area (Å²) in [6.07, 6.45) is 0. The Balaban J connectivity index is -0.0000000427. The lowest BCUT2D eigenvalue weighted by molar-refractivity contribution is 1.11. The second kappa shape index (κ2) is 13.6. The van der Waals surface area contributed by atoms with E-state index in [9.17, 15) is 0 Å². The zero-order valence-corrected chi connectivity index (χ0v) is 7.27. The number of halogens is 5. The van der Waals surface area contributed by atoms with Gasteiger partial charge in [0.15, 0.2) is 0 Å². The molecule has 0 aliphatic carbocycles. The molecular weight excluding hydrogens is 213 g/mol. The van der Waals surface area contributed by atoms with Gasteiger partial charge in [0, 0.05) is 10.6 Å². The monoisotopic (exact) mass is 225 g/mol. The molecule has 0 aromatic heterocycles. The Bertz CT molecular complexity index is 177. The standard InChI is InChI=1S/C6H7NS.5FH/c7-5-3-1-2-4-6(5)8;;;;;/h1-4,8H,7H2;5*1H. The summed E-state index contributed by atoms with van der Waals surface area (Å²) in [5.41, 5.74) is 6.18. The summed E-state index contributed by atoms with van der Waals surface area (Å²) < 4.78 is 0. The van der Waals surface area contributed by atoms with Gasteiger partial charge in [0.25, 0.3) is 0 Å². The van der Waals surface area contributed by atoms with Gasteiger partial charge in [0.2, 0.25) is 0 Å². The number of para-hydroxylation sites is 1. The van der Waals surface area contributed by atoms with E-state index < -0.39 is 0 Å². The van der Waals surface area contributed by atoms with Crippen molar-refractivity contribution >= 4 is 18.3 Å². The van der Waals surface area contributed by atoms with E-state index in [-0.39, 0.29) is 23.5 Å². The van der Waals surface area contributed by atoms with Crippen LogP contribution >= 0.6 is 12.6 Å². The van der Waals surface area contributed by atoms with E-state index in [1.165, 1.54) is 0 Å². The third kappa shape index (κ3) is 8.93. The average Bonchev–Trinajstić information content (AvgIpc) is 1.77.